The number of nitrogens with one attached hydrogen (secondary N) is 1. The number of hydrogen-bond acceptors (Lipinski definition) is 2. The maximum atomic E-state index is 5.58. The highest BCUT2D eigenvalue weighted by atomic mass is 15.0. The monoisotopic (exact) mass is 184 g/mol. The maximum absolute atomic E-state index is 5.58. The molecule has 0 radical (unpaired) electrons. The summed E-state index contributed by atoms with van der Waals surface area (Å²) >= 11 is 0. The summed E-state index contributed by atoms with van der Waals surface area (Å²) in [6, 6.07) is 1.19. The molecular formula is C11H24N2. The lowest BCUT2D eigenvalue weighted by molar-refractivity contribution is 0.200. The summed E-state index contributed by atoms with van der Waals surface area (Å²) in [5, 5.41) is 3.58. The highest BCUT2D eigenvalue weighted by Gasteiger charge is 2.26. The molecule has 0 aliphatic heterocycles. The standard InChI is InChI=1S/C11H24N2/c1-9(8-12)13-10-4-6-11(2,3)7-5-10/h9-10,13H,4-8,12H2,1-3H3. The first-order chi connectivity index (χ1) is 6.03. The third kappa shape index (κ3) is 3.65. The smallest absolute Gasteiger partial charge is 0.0164 e. The third-order valence-electron chi connectivity index (χ3n) is 3.21. The average molecular weight is 184 g/mol. The first-order valence-electron chi connectivity index (χ1n) is 5.49. The summed E-state index contributed by atoms with van der Waals surface area (Å²) < 4.78 is 0. The molecule has 1 fully saturated rings. The highest BCUT2D eigenvalue weighted by molar-refractivity contribution is 4.83. The number of hydrogen-bond donors (Lipinski definition) is 2. The summed E-state index contributed by atoms with van der Waals surface area (Å²) in [6.45, 7) is 7.66. The summed E-state index contributed by atoms with van der Waals surface area (Å²) in [6.07, 6.45) is 5.33. The molecule has 0 aromatic heterocycles. The molecule has 2 nitrogen and oxygen atoms in total. The van der Waals surface area contributed by atoms with Crippen LogP contribution in [0.25, 0.3) is 0 Å². The maximum Gasteiger partial charge on any atom is 0.0164 e. The molecule has 0 aromatic rings. The third-order valence-corrected chi connectivity index (χ3v) is 3.21. The second kappa shape index (κ2) is 4.43. The molecule has 0 aromatic carbocycles. The molecule has 2 heteroatoms. The Morgan fingerprint density at radius 1 is 1.38 bits per heavy atom. The number of rotatable bonds is 3. The Hall–Kier alpha value is -0.0800. The van der Waals surface area contributed by atoms with Gasteiger partial charge in [0.2, 0.25) is 0 Å². The molecule has 0 amide bonds. The van der Waals surface area contributed by atoms with Crippen LogP contribution in [0.4, 0.5) is 0 Å². The van der Waals surface area contributed by atoms with Crippen LogP contribution < -0.4 is 11.1 Å². The van der Waals surface area contributed by atoms with Gasteiger partial charge in [-0.05, 0) is 38.0 Å². The molecule has 1 aliphatic rings. The summed E-state index contributed by atoms with van der Waals surface area (Å²) in [4.78, 5) is 0. The Bertz CT molecular complexity index is 144. The van der Waals surface area contributed by atoms with E-state index >= 15 is 0 Å². The van der Waals surface area contributed by atoms with E-state index in [0.29, 0.717) is 17.5 Å². The van der Waals surface area contributed by atoms with Crippen molar-refractivity contribution in [1.82, 2.24) is 5.32 Å². The minimum atomic E-state index is 0.478. The molecule has 13 heavy (non-hydrogen) atoms. The van der Waals surface area contributed by atoms with Crippen LogP contribution in [0.1, 0.15) is 46.5 Å². The van der Waals surface area contributed by atoms with Gasteiger partial charge in [0.25, 0.3) is 0 Å². The van der Waals surface area contributed by atoms with E-state index in [1.165, 1.54) is 25.7 Å². The van der Waals surface area contributed by atoms with Crippen molar-refractivity contribution in [1.29, 1.82) is 0 Å². The van der Waals surface area contributed by atoms with Crippen molar-refractivity contribution in [2.24, 2.45) is 11.1 Å². The van der Waals surface area contributed by atoms with E-state index < -0.39 is 0 Å². The molecule has 3 N–H and O–H groups in total. The van der Waals surface area contributed by atoms with Crippen LogP contribution in [0, 0.1) is 5.41 Å². The Kier molecular flexibility index (Phi) is 3.74. The largest absolute Gasteiger partial charge is 0.329 e. The highest BCUT2D eigenvalue weighted by Crippen LogP contribution is 2.34. The van der Waals surface area contributed by atoms with Gasteiger partial charge in [-0.3, -0.25) is 0 Å². The SMILES string of the molecule is CC(CN)NC1CCC(C)(C)CC1. The zero-order valence-electron chi connectivity index (χ0n) is 9.27. The first-order valence-corrected chi connectivity index (χ1v) is 5.49. The van der Waals surface area contributed by atoms with E-state index in [9.17, 15) is 0 Å². The van der Waals surface area contributed by atoms with E-state index in [1.807, 2.05) is 0 Å². The fourth-order valence-corrected chi connectivity index (χ4v) is 2.04. The number of nitrogens with two attached hydrogens (primary N) is 1. The zero-order valence-corrected chi connectivity index (χ0v) is 9.27. The van der Waals surface area contributed by atoms with Gasteiger partial charge in [0.05, 0.1) is 0 Å². The minimum Gasteiger partial charge on any atom is -0.329 e. The van der Waals surface area contributed by atoms with Crippen LogP contribution >= 0.6 is 0 Å². The Morgan fingerprint density at radius 3 is 2.38 bits per heavy atom. The lowest BCUT2D eigenvalue weighted by atomic mass is 9.75. The van der Waals surface area contributed by atoms with Crippen LogP contribution in [-0.4, -0.2) is 18.6 Å². The average Bonchev–Trinajstić information content (AvgIpc) is 2.08. The Labute approximate surface area is 82.3 Å². The summed E-state index contributed by atoms with van der Waals surface area (Å²) in [7, 11) is 0. The van der Waals surface area contributed by atoms with Crippen LogP contribution in [0.2, 0.25) is 0 Å². The van der Waals surface area contributed by atoms with E-state index in [4.69, 9.17) is 5.73 Å². The first kappa shape index (κ1) is 11.0. The fourth-order valence-electron chi connectivity index (χ4n) is 2.04. The van der Waals surface area contributed by atoms with Crippen LogP contribution in [0.15, 0.2) is 0 Å². The molecule has 1 saturated carbocycles. The van der Waals surface area contributed by atoms with Gasteiger partial charge in [-0.2, -0.15) is 0 Å². The van der Waals surface area contributed by atoms with Gasteiger partial charge in [-0.15, -0.1) is 0 Å². The molecule has 0 heterocycles. The van der Waals surface area contributed by atoms with Gasteiger partial charge in [0.15, 0.2) is 0 Å². The summed E-state index contributed by atoms with van der Waals surface area (Å²) in [5.74, 6) is 0. The van der Waals surface area contributed by atoms with Crippen molar-refractivity contribution in [2.75, 3.05) is 6.54 Å². The van der Waals surface area contributed by atoms with Crippen LogP contribution in [0.3, 0.4) is 0 Å². The van der Waals surface area contributed by atoms with Gasteiger partial charge in [0, 0.05) is 18.6 Å². The molecule has 0 spiro atoms. The Balaban J connectivity index is 2.25. The van der Waals surface area contributed by atoms with Gasteiger partial charge in [-0.25, -0.2) is 0 Å². The quantitative estimate of drug-likeness (QED) is 0.703. The van der Waals surface area contributed by atoms with Crippen molar-refractivity contribution in [3.05, 3.63) is 0 Å². The summed E-state index contributed by atoms with van der Waals surface area (Å²) in [5.41, 5.74) is 6.15. The second-order valence-corrected chi connectivity index (χ2v) is 5.24. The molecule has 1 atom stereocenters. The van der Waals surface area contributed by atoms with Crippen LogP contribution in [0.5, 0.6) is 0 Å². The van der Waals surface area contributed by atoms with Crippen molar-refractivity contribution in [3.8, 4) is 0 Å². The fraction of sp³-hybridized carbons (Fsp3) is 1.00. The molecule has 1 unspecified atom stereocenters. The molecule has 0 saturated heterocycles. The lowest BCUT2D eigenvalue weighted by Gasteiger charge is -2.35. The van der Waals surface area contributed by atoms with E-state index in [0.717, 1.165) is 6.54 Å². The van der Waals surface area contributed by atoms with Crippen molar-refractivity contribution in [2.45, 2.75) is 58.5 Å². The topological polar surface area (TPSA) is 38.0 Å². The predicted octanol–water partition coefficient (Wildman–Crippen LogP) is 1.89. The van der Waals surface area contributed by atoms with E-state index in [2.05, 4.69) is 26.1 Å². The molecule has 0 bridgehead atoms. The van der Waals surface area contributed by atoms with E-state index in [1.54, 1.807) is 0 Å². The predicted molar refractivity (Wildman–Crippen MR) is 57.7 cm³/mol. The second-order valence-electron chi connectivity index (χ2n) is 5.24. The molecule has 1 aliphatic carbocycles. The normalized spacial score (nSPS) is 25.8. The van der Waals surface area contributed by atoms with Crippen molar-refractivity contribution >= 4 is 0 Å². The molecular weight excluding hydrogens is 160 g/mol. The van der Waals surface area contributed by atoms with Gasteiger partial charge in [-0.1, -0.05) is 13.8 Å². The van der Waals surface area contributed by atoms with Crippen LogP contribution in [-0.2, 0) is 0 Å². The lowest BCUT2D eigenvalue weighted by Crippen LogP contribution is -2.43. The Morgan fingerprint density at radius 2 is 1.92 bits per heavy atom. The van der Waals surface area contributed by atoms with Gasteiger partial charge < -0.3 is 11.1 Å². The minimum absolute atomic E-state index is 0.478. The van der Waals surface area contributed by atoms with Crippen molar-refractivity contribution in [3.63, 3.8) is 0 Å². The molecule has 78 valence electrons. The molecule has 1 rings (SSSR count). The van der Waals surface area contributed by atoms with E-state index in [-0.39, 0.29) is 0 Å². The van der Waals surface area contributed by atoms with Gasteiger partial charge in [0.1, 0.15) is 0 Å². The van der Waals surface area contributed by atoms with Gasteiger partial charge >= 0.3 is 0 Å². The zero-order chi connectivity index (χ0) is 9.90. The van der Waals surface area contributed by atoms with Crippen molar-refractivity contribution < 1.29 is 0 Å².